The molecule has 0 fully saturated rings. The number of hydrogen-bond donors (Lipinski definition) is 1. The van der Waals surface area contributed by atoms with E-state index >= 15 is 0 Å². The zero-order valence-electron chi connectivity index (χ0n) is 16.0. The summed E-state index contributed by atoms with van der Waals surface area (Å²) in [5, 5.41) is 12.7. The Morgan fingerprint density at radius 3 is 2.81 bits per heavy atom. The van der Waals surface area contributed by atoms with Crippen LogP contribution in [0.1, 0.15) is 6.92 Å². The van der Waals surface area contributed by atoms with Crippen LogP contribution in [-0.2, 0) is 11.3 Å². The van der Waals surface area contributed by atoms with Gasteiger partial charge >= 0.3 is 0 Å². The third-order valence-electron chi connectivity index (χ3n) is 4.34. The number of nitrogens with zero attached hydrogens (tertiary/aromatic N) is 3. The van der Waals surface area contributed by atoms with E-state index in [4.69, 9.17) is 16.0 Å². The molecule has 0 spiro atoms. The van der Waals surface area contributed by atoms with Gasteiger partial charge in [-0.05, 0) is 53.2 Å². The molecule has 0 atom stereocenters. The summed E-state index contributed by atoms with van der Waals surface area (Å²) >= 11 is 10.2. The van der Waals surface area contributed by atoms with Crippen LogP contribution in [0.4, 0.5) is 14.5 Å². The van der Waals surface area contributed by atoms with E-state index in [9.17, 15) is 13.6 Å². The maximum absolute atomic E-state index is 13.9. The largest absolute Gasteiger partial charge is 0.453 e. The number of carbonyl (C=O) groups excluding carboxylic acids is 1. The number of amides is 1. The van der Waals surface area contributed by atoms with Crippen LogP contribution in [-0.4, -0.2) is 26.4 Å². The molecule has 1 N–H and O–H groups in total. The van der Waals surface area contributed by atoms with Crippen molar-refractivity contribution in [3.05, 3.63) is 57.5 Å². The van der Waals surface area contributed by atoms with Crippen molar-refractivity contribution in [1.29, 1.82) is 0 Å². The maximum Gasteiger partial charge on any atom is 0.234 e. The van der Waals surface area contributed by atoms with Crippen molar-refractivity contribution in [1.82, 2.24) is 14.8 Å². The fourth-order valence-corrected chi connectivity index (χ4v) is 4.44. The van der Waals surface area contributed by atoms with Crippen molar-refractivity contribution in [3.63, 3.8) is 0 Å². The number of halogens is 4. The van der Waals surface area contributed by atoms with Crippen molar-refractivity contribution in [2.45, 2.75) is 18.6 Å². The molecule has 0 bridgehead atoms. The summed E-state index contributed by atoms with van der Waals surface area (Å²) in [6, 6.07) is 8.92. The van der Waals surface area contributed by atoms with Crippen molar-refractivity contribution in [2.75, 3.05) is 11.1 Å². The lowest BCUT2D eigenvalue weighted by Crippen LogP contribution is -2.16. The second-order valence-electron chi connectivity index (χ2n) is 6.42. The molecule has 4 aromatic rings. The monoisotopic (exact) mass is 526 g/mol. The second-order valence-corrected chi connectivity index (χ2v) is 8.66. The van der Waals surface area contributed by atoms with Gasteiger partial charge in [0.15, 0.2) is 16.7 Å². The predicted octanol–water partition coefficient (Wildman–Crippen LogP) is 6.14. The summed E-state index contributed by atoms with van der Waals surface area (Å²) in [4.78, 5) is 12.3. The van der Waals surface area contributed by atoms with Gasteiger partial charge in [0.25, 0.3) is 0 Å². The molecule has 2 aromatic heterocycles. The summed E-state index contributed by atoms with van der Waals surface area (Å²) in [5.74, 6) is -1.08. The van der Waals surface area contributed by atoms with E-state index in [-0.39, 0.29) is 15.9 Å². The Bertz CT molecular complexity index is 1270. The standard InChI is InChI=1S/C20H14BrClF2N4O2S/c1-2-28-19(16-6-10-5-11(22)3-4-15(10)30-16)26-27-20(28)31-9-17(29)25-18-13(21)7-12(23)8-14(18)24/h3-8H,2,9H2,1H3,(H,25,29). The summed E-state index contributed by atoms with van der Waals surface area (Å²) in [5.41, 5.74) is 0.552. The average molecular weight is 528 g/mol. The Kier molecular flexibility index (Phi) is 6.31. The second kappa shape index (κ2) is 8.97. The van der Waals surface area contributed by atoms with Crippen LogP contribution in [0.2, 0.25) is 5.02 Å². The summed E-state index contributed by atoms with van der Waals surface area (Å²) in [6.45, 7) is 2.46. The van der Waals surface area contributed by atoms with Crippen LogP contribution in [0.15, 0.2) is 50.4 Å². The lowest BCUT2D eigenvalue weighted by Gasteiger charge is -2.09. The molecule has 1 amide bonds. The molecule has 6 nitrogen and oxygen atoms in total. The number of hydrogen-bond acceptors (Lipinski definition) is 5. The molecule has 0 saturated carbocycles. The maximum atomic E-state index is 13.9. The van der Waals surface area contributed by atoms with Crippen LogP contribution in [0.3, 0.4) is 0 Å². The zero-order chi connectivity index (χ0) is 22.1. The predicted molar refractivity (Wildman–Crippen MR) is 119 cm³/mol. The average Bonchev–Trinajstić information content (AvgIpc) is 3.31. The molecule has 0 radical (unpaired) electrons. The molecular formula is C20H14BrClF2N4O2S. The minimum Gasteiger partial charge on any atom is -0.453 e. The Balaban J connectivity index is 1.51. The fourth-order valence-electron chi connectivity index (χ4n) is 2.95. The van der Waals surface area contributed by atoms with Gasteiger partial charge in [-0.25, -0.2) is 8.78 Å². The highest BCUT2D eigenvalue weighted by molar-refractivity contribution is 9.10. The summed E-state index contributed by atoms with van der Waals surface area (Å²) in [7, 11) is 0. The van der Waals surface area contributed by atoms with Gasteiger partial charge in [0.05, 0.1) is 11.4 Å². The summed E-state index contributed by atoms with van der Waals surface area (Å²) < 4.78 is 34.9. The minimum atomic E-state index is -0.866. The Hall–Kier alpha value is -2.43. The van der Waals surface area contributed by atoms with Gasteiger partial charge in [-0.2, -0.15) is 0 Å². The SMILES string of the molecule is CCn1c(SCC(=O)Nc2c(F)cc(F)cc2Br)nnc1-c1cc2cc(Cl)ccc2o1. The topological polar surface area (TPSA) is 73.0 Å². The molecule has 0 aliphatic carbocycles. The first-order valence-corrected chi connectivity index (χ1v) is 11.2. The fraction of sp³-hybridized carbons (Fsp3) is 0.150. The third kappa shape index (κ3) is 4.60. The van der Waals surface area contributed by atoms with Crippen molar-refractivity contribution in [2.24, 2.45) is 0 Å². The van der Waals surface area contributed by atoms with Crippen LogP contribution < -0.4 is 5.32 Å². The first-order valence-electron chi connectivity index (χ1n) is 9.05. The van der Waals surface area contributed by atoms with Crippen molar-refractivity contribution in [3.8, 4) is 11.6 Å². The number of fused-ring (bicyclic) bond motifs is 1. The first kappa shape index (κ1) is 21.8. The van der Waals surface area contributed by atoms with Gasteiger partial charge in [0, 0.05) is 27.5 Å². The molecule has 0 unspecified atom stereocenters. The number of aromatic nitrogens is 3. The lowest BCUT2D eigenvalue weighted by atomic mass is 10.2. The van der Waals surface area contributed by atoms with E-state index in [1.54, 1.807) is 18.2 Å². The molecule has 2 aromatic carbocycles. The molecule has 2 heterocycles. The highest BCUT2D eigenvalue weighted by Crippen LogP contribution is 2.31. The highest BCUT2D eigenvalue weighted by atomic mass is 79.9. The van der Waals surface area contributed by atoms with Gasteiger partial charge < -0.3 is 9.73 Å². The molecule has 0 aliphatic rings. The van der Waals surface area contributed by atoms with E-state index in [1.165, 1.54) is 0 Å². The van der Waals surface area contributed by atoms with E-state index in [1.807, 2.05) is 17.6 Å². The Labute approximate surface area is 193 Å². The number of rotatable bonds is 6. The zero-order valence-corrected chi connectivity index (χ0v) is 19.1. The smallest absolute Gasteiger partial charge is 0.234 e. The number of anilines is 1. The molecule has 0 aliphatic heterocycles. The van der Waals surface area contributed by atoms with E-state index in [0.29, 0.717) is 40.0 Å². The molecular weight excluding hydrogens is 514 g/mol. The van der Waals surface area contributed by atoms with Crippen molar-refractivity contribution >= 4 is 61.9 Å². The van der Waals surface area contributed by atoms with Gasteiger partial charge in [-0.15, -0.1) is 10.2 Å². The van der Waals surface area contributed by atoms with Gasteiger partial charge in [-0.1, -0.05) is 23.4 Å². The number of benzene rings is 2. The number of nitrogens with one attached hydrogen (secondary N) is 1. The molecule has 160 valence electrons. The normalized spacial score (nSPS) is 11.3. The molecule has 4 rings (SSSR count). The number of carbonyl (C=O) groups is 1. The Morgan fingerprint density at radius 1 is 1.26 bits per heavy atom. The van der Waals surface area contributed by atoms with Crippen LogP contribution >= 0.6 is 39.3 Å². The summed E-state index contributed by atoms with van der Waals surface area (Å²) in [6.07, 6.45) is 0. The number of thioether (sulfide) groups is 1. The van der Waals surface area contributed by atoms with E-state index < -0.39 is 17.5 Å². The van der Waals surface area contributed by atoms with Crippen LogP contribution in [0.5, 0.6) is 0 Å². The van der Waals surface area contributed by atoms with Crippen LogP contribution in [0.25, 0.3) is 22.6 Å². The van der Waals surface area contributed by atoms with E-state index in [2.05, 4.69) is 31.4 Å². The minimum absolute atomic E-state index is 0.0445. The Morgan fingerprint density at radius 2 is 2.06 bits per heavy atom. The number of furan rings is 1. The molecule has 0 saturated heterocycles. The highest BCUT2D eigenvalue weighted by Gasteiger charge is 2.19. The van der Waals surface area contributed by atoms with Gasteiger partial charge in [-0.3, -0.25) is 9.36 Å². The van der Waals surface area contributed by atoms with Gasteiger partial charge in [0.1, 0.15) is 11.4 Å². The quantitative estimate of drug-likeness (QED) is 0.305. The van der Waals surface area contributed by atoms with Crippen molar-refractivity contribution < 1.29 is 18.0 Å². The first-order chi connectivity index (χ1) is 14.9. The van der Waals surface area contributed by atoms with E-state index in [0.717, 1.165) is 23.2 Å². The van der Waals surface area contributed by atoms with Gasteiger partial charge in [0.2, 0.25) is 11.7 Å². The third-order valence-corrected chi connectivity index (χ3v) is 6.16. The molecule has 31 heavy (non-hydrogen) atoms. The molecule has 11 heteroatoms. The van der Waals surface area contributed by atoms with Crippen LogP contribution in [0, 0.1) is 11.6 Å². The lowest BCUT2D eigenvalue weighted by molar-refractivity contribution is -0.113.